The molecule has 1 aromatic rings. The maximum Gasteiger partial charge on any atom is 0.193 e. The number of nitrogens with one attached hydrogen (secondary N) is 1. The Morgan fingerprint density at radius 3 is 2.63 bits per heavy atom. The van der Waals surface area contributed by atoms with Gasteiger partial charge in [-0.1, -0.05) is 24.3 Å². The van der Waals surface area contributed by atoms with E-state index >= 15 is 0 Å². The van der Waals surface area contributed by atoms with E-state index in [9.17, 15) is 0 Å². The Balaban J connectivity index is 1.46. The highest BCUT2D eigenvalue weighted by molar-refractivity contribution is 8.00. The number of hydrogen-bond donors (Lipinski definition) is 1. The van der Waals surface area contributed by atoms with E-state index in [0.717, 1.165) is 57.4 Å². The van der Waals surface area contributed by atoms with Gasteiger partial charge in [0, 0.05) is 50.4 Å². The van der Waals surface area contributed by atoms with Crippen LogP contribution in [0.2, 0.25) is 0 Å². The van der Waals surface area contributed by atoms with Crippen LogP contribution in [-0.2, 0) is 22.6 Å². The van der Waals surface area contributed by atoms with Crippen molar-refractivity contribution in [1.82, 2.24) is 10.2 Å². The summed E-state index contributed by atoms with van der Waals surface area (Å²) in [5.74, 6) is 2.14. The zero-order valence-corrected chi connectivity index (χ0v) is 17.7. The number of benzene rings is 1. The van der Waals surface area contributed by atoms with Gasteiger partial charge in [0.25, 0.3) is 0 Å². The summed E-state index contributed by atoms with van der Waals surface area (Å²) < 4.78 is 11.7. The third-order valence-electron chi connectivity index (χ3n) is 5.06. The molecule has 0 saturated carbocycles. The lowest BCUT2D eigenvalue weighted by molar-refractivity contribution is -0.0390. The first-order valence-corrected chi connectivity index (χ1v) is 10.9. The van der Waals surface area contributed by atoms with E-state index in [1.807, 2.05) is 18.8 Å². The average Bonchev–Trinajstić information content (AvgIpc) is 2.68. The lowest BCUT2D eigenvalue weighted by Gasteiger charge is -2.39. The fourth-order valence-corrected chi connectivity index (χ4v) is 4.63. The molecular weight excluding hydrogens is 358 g/mol. The number of hydrogen-bond acceptors (Lipinski definition) is 4. The van der Waals surface area contributed by atoms with E-state index in [1.54, 1.807) is 0 Å². The molecule has 5 nitrogen and oxygen atoms in total. The average molecular weight is 392 g/mol. The zero-order chi connectivity index (χ0) is 19.1. The molecule has 6 heteroatoms. The normalized spacial score (nSPS) is 21.3. The molecule has 0 radical (unpaired) electrons. The van der Waals surface area contributed by atoms with Crippen LogP contribution in [0, 0.1) is 0 Å². The molecule has 0 amide bonds. The lowest BCUT2D eigenvalue weighted by Crippen LogP contribution is -2.50. The number of ether oxygens (including phenoxy) is 2. The van der Waals surface area contributed by atoms with Crippen LogP contribution in [0.25, 0.3) is 0 Å². The molecule has 3 rings (SSSR count). The SMILES string of the molecule is CN=C(NCc1ccc(COC2CCOCC2)cc1)N1CCSC(C)(C)C1. The first kappa shape index (κ1) is 20.5. The van der Waals surface area contributed by atoms with Gasteiger partial charge < -0.3 is 19.7 Å². The molecule has 0 aliphatic carbocycles. The quantitative estimate of drug-likeness (QED) is 0.616. The largest absolute Gasteiger partial charge is 0.381 e. The highest BCUT2D eigenvalue weighted by Crippen LogP contribution is 2.29. The second kappa shape index (κ2) is 9.80. The Morgan fingerprint density at radius 2 is 1.96 bits per heavy atom. The fourth-order valence-electron chi connectivity index (χ4n) is 3.52. The van der Waals surface area contributed by atoms with Crippen LogP contribution >= 0.6 is 11.8 Å². The molecule has 150 valence electrons. The summed E-state index contributed by atoms with van der Waals surface area (Å²) >= 11 is 2.04. The van der Waals surface area contributed by atoms with E-state index in [2.05, 4.69) is 53.3 Å². The minimum Gasteiger partial charge on any atom is -0.381 e. The summed E-state index contributed by atoms with van der Waals surface area (Å²) in [5, 5.41) is 3.52. The van der Waals surface area contributed by atoms with Crippen molar-refractivity contribution in [2.45, 2.75) is 50.7 Å². The van der Waals surface area contributed by atoms with Gasteiger partial charge in [-0.15, -0.1) is 0 Å². The van der Waals surface area contributed by atoms with Crippen molar-refractivity contribution in [1.29, 1.82) is 0 Å². The number of thioether (sulfide) groups is 1. The number of nitrogens with zero attached hydrogens (tertiary/aromatic N) is 2. The van der Waals surface area contributed by atoms with Gasteiger partial charge >= 0.3 is 0 Å². The van der Waals surface area contributed by atoms with Gasteiger partial charge in [0.2, 0.25) is 0 Å². The fraction of sp³-hybridized carbons (Fsp3) is 0.667. The third-order valence-corrected chi connectivity index (χ3v) is 6.36. The van der Waals surface area contributed by atoms with Crippen LogP contribution in [-0.4, -0.2) is 60.8 Å². The second-order valence-electron chi connectivity index (χ2n) is 7.87. The molecule has 1 aromatic carbocycles. The van der Waals surface area contributed by atoms with Gasteiger partial charge in [0.05, 0.1) is 12.7 Å². The third kappa shape index (κ3) is 6.40. The standard InChI is InChI=1S/C21H33N3O2S/c1-21(2)16-24(10-13-27-21)20(22-3)23-14-17-4-6-18(7-5-17)15-26-19-8-11-25-12-9-19/h4-7,19H,8-16H2,1-3H3,(H,22,23). The van der Waals surface area contributed by atoms with E-state index < -0.39 is 0 Å². The molecule has 0 aromatic heterocycles. The monoisotopic (exact) mass is 391 g/mol. The van der Waals surface area contributed by atoms with Gasteiger partial charge in [0.1, 0.15) is 0 Å². The summed E-state index contributed by atoms with van der Waals surface area (Å²) in [6.07, 6.45) is 2.36. The van der Waals surface area contributed by atoms with Crippen LogP contribution in [0.15, 0.2) is 29.3 Å². The van der Waals surface area contributed by atoms with Crippen LogP contribution in [0.1, 0.15) is 37.8 Å². The minimum atomic E-state index is 0.280. The molecule has 1 N–H and O–H groups in total. The smallest absolute Gasteiger partial charge is 0.193 e. The summed E-state index contributed by atoms with van der Waals surface area (Å²) in [4.78, 5) is 6.85. The molecule has 2 aliphatic heterocycles. The first-order valence-electron chi connectivity index (χ1n) is 9.92. The van der Waals surface area contributed by atoms with Gasteiger partial charge in [-0.2, -0.15) is 11.8 Å². The van der Waals surface area contributed by atoms with Crippen molar-refractivity contribution in [2.75, 3.05) is 39.1 Å². The molecule has 2 fully saturated rings. The molecule has 0 bridgehead atoms. The van der Waals surface area contributed by atoms with E-state index in [0.29, 0.717) is 12.7 Å². The Kier molecular flexibility index (Phi) is 7.44. The lowest BCUT2D eigenvalue weighted by atomic mass is 10.1. The van der Waals surface area contributed by atoms with E-state index in [-0.39, 0.29) is 4.75 Å². The molecule has 0 unspecified atom stereocenters. The van der Waals surface area contributed by atoms with E-state index in [4.69, 9.17) is 9.47 Å². The number of aliphatic imine (C=N–C) groups is 1. The van der Waals surface area contributed by atoms with E-state index in [1.165, 1.54) is 11.1 Å². The van der Waals surface area contributed by atoms with Crippen LogP contribution < -0.4 is 5.32 Å². The highest BCUT2D eigenvalue weighted by atomic mass is 32.2. The number of guanidine groups is 1. The Hall–Kier alpha value is -1.24. The Bertz CT molecular complexity index is 612. The first-order chi connectivity index (χ1) is 13.1. The van der Waals surface area contributed by atoms with Crippen LogP contribution in [0.3, 0.4) is 0 Å². The van der Waals surface area contributed by atoms with Crippen molar-refractivity contribution in [2.24, 2.45) is 4.99 Å². The van der Waals surface area contributed by atoms with Gasteiger partial charge in [-0.25, -0.2) is 0 Å². The molecule has 27 heavy (non-hydrogen) atoms. The second-order valence-corrected chi connectivity index (χ2v) is 9.67. The highest BCUT2D eigenvalue weighted by Gasteiger charge is 2.28. The van der Waals surface area contributed by atoms with Gasteiger partial charge in [-0.3, -0.25) is 4.99 Å². The summed E-state index contributed by atoms with van der Waals surface area (Å²) in [6.45, 7) is 9.80. The zero-order valence-electron chi connectivity index (χ0n) is 16.9. The molecule has 2 saturated heterocycles. The van der Waals surface area contributed by atoms with Crippen molar-refractivity contribution in [3.8, 4) is 0 Å². The summed E-state index contributed by atoms with van der Waals surface area (Å²) in [7, 11) is 1.87. The predicted molar refractivity (Wildman–Crippen MR) is 113 cm³/mol. The van der Waals surface area contributed by atoms with Crippen molar-refractivity contribution in [3.63, 3.8) is 0 Å². The number of rotatable bonds is 5. The van der Waals surface area contributed by atoms with Gasteiger partial charge in [-0.05, 0) is 37.8 Å². The van der Waals surface area contributed by atoms with Crippen molar-refractivity contribution in [3.05, 3.63) is 35.4 Å². The Labute approximate surface area is 167 Å². The molecule has 0 spiro atoms. The van der Waals surface area contributed by atoms with Crippen molar-refractivity contribution < 1.29 is 9.47 Å². The summed E-state index contributed by atoms with van der Waals surface area (Å²) in [6, 6.07) is 8.69. The molecule has 2 aliphatic rings. The van der Waals surface area contributed by atoms with Crippen LogP contribution in [0.5, 0.6) is 0 Å². The molecule has 0 atom stereocenters. The molecule has 2 heterocycles. The predicted octanol–water partition coefficient (Wildman–Crippen LogP) is 3.29. The maximum atomic E-state index is 6.00. The minimum absolute atomic E-state index is 0.280. The Morgan fingerprint density at radius 1 is 1.26 bits per heavy atom. The van der Waals surface area contributed by atoms with Gasteiger partial charge in [0.15, 0.2) is 5.96 Å². The topological polar surface area (TPSA) is 46.1 Å². The van der Waals surface area contributed by atoms with Crippen molar-refractivity contribution >= 4 is 17.7 Å². The summed E-state index contributed by atoms with van der Waals surface area (Å²) in [5.41, 5.74) is 2.49. The van der Waals surface area contributed by atoms with Crippen LogP contribution in [0.4, 0.5) is 0 Å². The molecular formula is C21H33N3O2S. The maximum absolute atomic E-state index is 6.00.